The molecule has 2 amide bonds. The minimum absolute atomic E-state index is 0.0477. The lowest BCUT2D eigenvalue weighted by atomic mass is 10.2. The second kappa shape index (κ2) is 7.92. The first-order chi connectivity index (χ1) is 13.8. The first kappa shape index (κ1) is 20.3. The molecular formula is C19H18N2O7S. The molecule has 1 aliphatic heterocycles. The SMILES string of the molecule is COC(=O)c1ccc(NS(=O)(=O)c2cc(N3C(=O)CCC3=O)ccc2OC)cc1. The molecule has 0 unspecified atom stereocenters. The first-order valence-electron chi connectivity index (χ1n) is 8.52. The fourth-order valence-electron chi connectivity index (χ4n) is 2.88. The Morgan fingerprint density at radius 1 is 1.00 bits per heavy atom. The Hall–Kier alpha value is -3.40. The van der Waals surface area contributed by atoms with Gasteiger partial charge in [-0.1, -0.05) is 0 Å². The predicted molar refractivity (Wildman–Crippen MR) is 103 cm³/mol. The number of rotatable bonds is 6. The van der Waals surface area contributed by atoms with Crippen molar-refractivity contribution in [1.82, 2.24) is 0 Å². The van der Waals surface area contributed by atoms with Gasteiger partial charge >= 0.3 is 5.97 Å². The van der Waals surface area contributed by atoms with E-state index in [0.717, 1.165) is 4.90 Å². The zero-order chi connectivity index (χ0) is 21.2. The smallest absolute Gasteiger partial charge is 0.337 e. The summed E-state index contributed by atoms with van der Waals surface area (Å²) in [5.74, 6) is -1.29. The van der Waals surface area contributed by atoms with E-state index in [1.165, 1.54) is 56.7 Å². The number of esters is 1. The van der Waals surface area contributed by atoms with Crippen LogP contribution in [-0.4, -0.2) is 40.4 Å². The summed E-state index contributed by atoms with van der Waals surface area (Å²) in [4.78, 5) is 36.2. The van der Waals surface area contributed by atoms with Gasteiger partial charge < -0.3 is 9.47 Å². The van der Waals surface area contributed by atoms with E-state index in [4.69, 9.17) is 4.74 Å². The molecule has 0 atom stereocenters. The first-order valence-corrected chi connectivity index (χ1v) is 10.00. The molecule has 1 N–H and O–H groups in total. The van der Waals surface area contributed by atoms with E-state index >= 15 is 0 Å². The summed E-state index contributed by atoms with van der Waals surface area (Å²) in [6.45, 7) is 0. The molecule has 2 aromatic carbocycles. The highest BCUT2D eigenvalue weighted by Crippen LogP contribution is 2.32. The van der Waals surface area contributed by atoms with Crippen LogP contribution in [0, 0.1) is 0 Å². The molecule has 1 saturated heterocycles. The number of carbonyl (C=O) groups excluding carboxylic acids is 3. The molecule has 0 radical (unpaired) electrons. The van der Waals surface area contributed by atoms with Gasteiger partial charge in [-0.05, 0) is 42.5 Å². The maximum absolute atomic E-state index is 12.9. The Labute approximate surface area is 167 Å². The van der Waals surface area contributed by atoms with Gasteiger partial charge in [0.05, 0.1) is 25.5 Å². The second-order valence-electron chi connectivity index (χ2n) is 6.13. The Kier molecular flexibility index (Phi) is 5.55. The van der Waals surface area contributed by atoms with Crippen molar-refractivity contribution in [3.05, 3.63) is 48.0 Å². The summed E-state index contributed by atoms with van der Waals surface area (Å²) in [6, 6.07) is 9.69. The standard InChI is InChI=1S/C19H18N2O7S/c1-27-15-8-7-14(21-17(22)9-10-18(21)23)11-16(15)29(25,26)20-13-5-3-12(4-6-13)19(24)28-2/h3-8,11,20H,9-10H2,1-2H3. The van der Waals surface area contributed by atoms with Crippen molar-refractivity contribution in [2.75, 3.05) is 23.8 Å². The van der Waals surface area contributed by atoms with E-state index in [9.17, 15) is 22.8 Å². The Balaban J connectivity index is 1.95. The maximum atomic E-state index is 12.9. The third-order valence-electron chi connectivity index (χ3n) is 4.30. The van der Waals surface area contributed by atoms with Crippen molar-refractivity contribution in [3.63, 3.8) is 0 Å². The lowest BCUT2D eigenvalue weighted by Gasteiger charge is -2.17. The second-order valence-corrected chi connectivity index (χ2v) is 7.78. The fraction of sp³-hybridized carbons (Fsp3) is 0.211. The van der Waals surface area contributed by atoms with E-state index in [2.05, 4.69) is 9.46 Å². The number of carbonyl (C=O) groups is 3. The number of nitrogens with one attached hydrogen (secondary N) is 1. The molecule has 1 fully saturated rings. The molecule has 1 heterocycles. The van der Waals surface area contributed by atoms with Crippen LogP contribution in [0.25, 0.3) is 0 Å². The van der Waals surface area contributed by atoms with Crippen molar-refractivity contribution < 1.29 is 32.3 Å². The zero-order valence-electron chi connectivity index (χ0n) is 15.7. The van der Waals surface area contributed by atoms with Crippen molar-refractivity contribution in [2.24, 2.45) is 0 Å². The quantitative estimate of drug-likeness (QED) is 0.562. The topological polar surface area (TPSA) is 119 Å². The molecule has 0 spiro atoms. The van der Waals surface area contributed by atoms with Crippen LogP contribution in [0.2, 0.25) is 0 Å². The van der Waals surface area contributed by atoms with Gasteiger partial charge in [-0.25, -0.2) is 13.2 Å². The highest BCUT2D eigenvalue weighted by molar-refractivity contribution is 7.92. The third kappa shape index (κ3) is 4.06. The Morgan fingerprint density at radius 2 is 1.62 bits per heavy atom. The van der Waals surface area contributed by atoms with Gasteiger partial charge in [0.15, 0.2) is 0 Å². The van der Waals surface area contributed by atoms with Gasteiger partial charge in [-0.2, -0.15) is 0 Å². The van der Waals surface area contributed by atoms with Crippen molar-refractivity contribution in [2.45, 2.75) is 17.7 Å². The number of ether oxygens (including phenoxy) is 2. The number of hydrogen-bond acceptors (Lipinski definition) is 7. The average molecular weight is 418 g/mol. The average Bonchev–Trinajstić information content (AvgIpc) is 3.05. The van der Waals surface area contributed by atoms with Gasteiger partial charge in [0, 0.05) is 18.5 Å². The monoisotopic (exact) mass is 418 g/mol. The van der Waals surface area contributed by atoms with Crippen LogP contribution in [0.5, 0.6) is 5.75 Å². The number of imide groups is 1. The predicted octanol–water partition coefficient (Wildman–Crippen LogP) is 1.94. The van der Waals surface area contributed by atoms with E-state index in [0.29, 0.717) is 0 Å². The van der Waals surface area contributed by atoms with Crippen LogP contribution in [-0.2, 0) is 24.3 Å². The van der Waals surface area contributed by atoms with Gasteiger partial charge in [0.1, 0.15) is 10.6 Å². The van der Waals surface area contributed by atoms with Gasteiger partial charge in [-0.3, -0.25) is 19.2 Å². The number of nitrogens with zero attached hydrogens (tertiary/aromatic N) is 1. The number of benzene rings is 2. The maximum Gasteiger partial charge on any atom is 0.337 e. The lowest BCUT2D eigenvalue weighted by molar-refractivity contribution is -0.121. The van der Waals surface area contributed by atoms with Crippen LogP contribution in [0.1, 0.15) is 23.2 Å². The van der Waals surface area contributed by atoms with Crippen molar-refractivity contribution in [3.8, 4) is 5.75 Å². The summed E-state index contributed by atoms with van der Waals surface area (Å²) >= 11 is 0. The van der Waals surface area contributed by atoms with Gasteiger partial charge in [-0.15, -0.1) is 0 Å². The fourth-order valence-corrected chi connectivity index (χ4v) is 4.13. The highest BCUT2D eigenvalue weighted by Gasteiger charge is 2.32. The zero-order valence-corrected chi connectivity index (χ0v) is 16.5. The van der Waals surface area contributed by atoms with E-state index < -0.39 is 27.8 Å². The van der Waals surface area contributed by atoms with E-state index in [-0.39, 0.29) is 40.4 Å². The normalized spacial score (nSPS) is 14.1. The molecule has 2 aromatic rings. The van der Waals surface area contributed by atoms with E-state index in [1.54, 1.807) is 0 Å². The summed E-state index contributed by atoms with van der Waals surface area (Å²) in [5.41, 5.74) is 0.624. The lowest BCUT2D eigenvalue weighted by Crippen LogP contribution is -2.28. The number of amides is 2. The molecular weight excluding hydrogens is 400 g/mol. The van der Waals surface area contributed by atoms with Crippen LogP contribution in [0.4, 0.5) is 11.4 Å². The van der Waals surface area contributed by atoms with Crippen molar-refractivity contribution in [1.29, 1.82) is 0 Å². The molecule has 10 heteroatoms. The summed E-state index contributed by atoms with van der Waals surface area (Å²) < 4.78 is 38.0. The molecule has 1 aliphatic rings. The summed E-state index contributed by atoms with van der Waals surface area (Å²) in [7, 11) is -1.57. The molecule has 9 nitrogen and oxygen atoms in total. The van der Waals surface area contributed by atoms with Gasteiger partial charge in [0.2, 0.25) is 11.8 Å². The van der Waals surface area contributed by atoms with Crippen LogP contribution in [0.15, 0.2) is 47.4 Å². The molecule has 29 heavy (non-hydrogen) atoms. The van der Waals surface area contributed by atoms with Crippen LogP contribution < -0.4 is 14.4 Å². The minimum Gasteiger partial charge on any atom is -0.495 e. The molecule has 0 aromatic heterocycles. The highest BCUT2D eigenvalue weighted by atomic mass is 32.2. The number of hydrogen-bond donors (Lipinski definition) is 1. The number of sulfonamides is 1. The summed E-state index contributed by atoms with van der Waals surface area (Å²) in [5, 5.41) is 0. The molecule has 0 aliphatic carbocycles. The molecule has 3 rings (SSSR count). The van der Waals surface area contributed by atoms with E-state index in [1.807, 2.05) is 0 Å². The Bertz CT molecular complexity index is 1060. The number of anilines is 2. The largest absolute Gasteiger partial charge is 0.495 e. The van der Waals surface area contributed by atoms with Crippen LogP contribution >= 0.6 is 0 Å². The third-order valence-corrected chi connectivity index (χ3v) is 5.71. The summed E-state index contributed by atoms with van der Waals surface area (Å²) in [6.07, 6.45) is 0.162. The van der Waals surface area contributed by atoms with Crippen molar-refractivity contribution >= 4 is 39.2 Å². The number of methoxy groups -OCH3 is 2. The van der Waals surface area contributed by atoms with Gasteiger partial charge in [0.25, 0.3) is 10.0 Å². The van der Waals surface area contributed by atoms with Crippen LogP contribution in [0.3, 0.4) is 0 Å². The minimum atomic E-state index is -4.12. The molecule has 152 valence electrons. The molecule has 0 bridgehead atoms. The Morgan fingerprint density at radius 3 is 2.17 bits per heavy atom. The molecule has 0 saturated carbocycles.